The van der Waals surface area contributed by atoms with Crippen molar-refractivity contribution in [3.63, 3.8) is 0 Å². The van der Waals surface area contributed by atoms with Gasteiger partial charge in [0.15, 0.2) is 0 Å². The van der Waals surface area contributed by atoms with Gasteiger partial charge in [-0.1, -0.05) is 45.8 Å². The minimum Gasteiger partial charge on any atom is -0.325 e. The summed E-state index contributed by atoms with van der Waals surface area (Å²) in [5.41, 5.74) is 3.09. The summed E-state index contributed by atoms with van der Waals surface area (Å²) in [7, 11) is 0. The molecular weight excluding hydrogens is 316 g/mol. The second-order valence-electron chi connectivity index (χ2n) is 4.51. The van der Waals surface area contributed by atoms with E-state index in [0.717, 1.165) is 15.6 Å². The fourth-order valence-corrected chi connectivity index (χ4v) is 2.16. The first kappa shape index (κ1) is 14.3. The van der Waals surface area contributed by atoms with E-state index in [4.69, 9.17) is 5.26 Å². The van der Waals surface area contributed by atoms with E-state index in [2.05, 4.69) is 27.3 Å². The Morgan fingerprint density at radius 3 is 2.60 bits per heavy atom. The van der Waals surface area contributed by atoms with Gasteiger partial charge in [-0.05, 0) is 30.7 Å². The van der Waals surface area contributed by atoms with Crippen molar-refractivity contribution >= 4 is 27.5 Å². The number of carbonyl (C=O) groups excluding carboxylic acids is 1. The van der Waals surface area contributed by atoms with Gasteiger partial charge in [0.25, 0.3) is 0 Å². The summed E-state index contributed by atoms with van der Waals surface area (Å²) >= 11 is 3.30. The van der Waals surface area contributed by atoms with Gasteiger partial charge in [0.1, 0.15) is 6.07 Å². The fourth-order valence-electron chi connectivity index (χ4n) is 1.80. The summed E-state index contributed by atoms with van der Waals surface area (Å²) in [5, 5.41) is 11.8. The molecule has 0 fully saturated rings. The zero-order chi connectivity index (χ0) is 14.5. The topological polar surface area (TPSA) is 52.9 Å². The van der Waals surface area contributed by atoms with Crippen LogP contribution in [0, 0.1) is 18.3 Å². The van der Waals surface area contributed by atoms with Crippen molar-refractivity contribution in [2.45, 2.75) is 13.3 Å². The smallest absolute Gasteiger partial charge is 0.228 e. The van der Waals surface area contributed by atoms with Crippen LogP contribution in [-0.2, 0) is 11.2 Å². The van der Waals surface area contributed by atoms with Crippen LogP contribution < -0.4 is 5.32 Å². The first-order valence-corrected chi connectivity index (χ1v) is 6.93. The highest BCUT2D eigenvalue weighted by atomic mass is 79.9. The van der Waals surface area contributed by atoms with Crippen LogP contribution >= 0.6 is 15.9 Å². The molecule has 0 radical (unpaired) electrons. The second kappa shape index (κ2) is 6.36. The molecular formula is C16H13BrN2O. The molecule has 0 saturated carbocycles. The molecule has 0 bridgehead atoms. The van der Waals surface area contributed by atoms with Crippen LogP contribution in [-0.4, -0.2) is 5.91 Å². The van der Waals surface area contributed by atoms with Crippen molar-refractivity contribution in [2.75, 3.05) is 5.32 Å². The molecule has 2 aromatic carbocycles. The van der Waals surface area contributed by atoms with Crippen LogP contribution in [0.25, 0.3) is 0 Å². The molecule has 0 unspecified atom stereocenters. The van der Waals surface area contributed by atoms with Crippen LogP contribution in [0.5, 0.6) is 0 Å². The number of anilines is 1. The Labute approximate surface area is 126 Å². The molecule has 0 aliphatic rings. The number of halogens is 1. The normalized spacial score (nSPS) is 9.85. The molecule has 20 heavy (non-hydrogen) atoms. The molecule has 1 N–H and O–H groups in total. The Balaban J connectivity index is 2.09. The van der Waals surface area contributed by atoms with Gasteiger partial charge in [0.2, 0.25) is 5.91 Å². The predicted molar refractivity (Wildman–Crippen MR) is 82.4 cm³/mol. The van der Waals surface area contributed by atoms with Crippen molar-refractivity contribution in [3.05, 3.63) is 63.6 Å². The van der Waals surface area contributed by atoms with E-state index in [1.807, 2.05) is 31.2 Å². The molecule has 0 atom stereocenters. The summed E-state index contributed by atoms with van der Waals surface area (Å²) in [6.07, 6.45) is 0.293. The van der Waals surface area contributed by atoms with Gasteiger partial charge < -0.3 is 5.32 Å². The van der Waals surface area contributed by atoms with E-state index in [9.17, 15) is 4.79 Å². The summed E-state index contributed by atoms with van der Waals surface area (Å²) in [5.74, 6) is -0.132. The Hall–Kier alpha value is -2.12. The van der Waals surface area contributed by atoms with E-state index in [-0.39, 0.29) is 5.91 Å². The number of aryl methyl sites for hydroxylation is 1. The Morgan fingerprint density at radius 2 is 1.95 bits per heavy atom. The third-order valence-electron chi connectivity index (χ3n) is 2.86. The van der Waals surface area contributed by atoms with Crippen LogP contribution in [0.2, 0.25) is 0 Å². The van der Waals surface area contributed by atoms with E-state index in [1.54, 1.807) is 18.2 Å². The molecule has 3 nitrogen and oxygen atoms in total. The van der Waals surface area contributed by atoms with Crippen LogP contribution in [0.15, 0.2) is 46.9 Å². The molecule has 0 saturated heterocycles. The maximum absolute atomic E-state index is 12.0. The third kappa shape index (κ3) is 3.69. The average molecular weight is 329 g/mol. The van der Waals surface area contributed by atoms with Crippen LogP contribution in [0.3, 0.4) is 0 Å². The number of benzene rings is 2. The second-order valence-corrected chi connectivity index (χ2v) is 5.43. The Bertz CT molecular complexity index is 672. The standard InChI is InChI=1S/C16H13BrN2O/c1-11-2-4-12(5-3-11)8-16(20)19-15-7-6-14(17)9-13(15)10-18/h2-7,9H,8H2,1H3,(H,19,20). The zero-order valence-electron chi connectivity index (χ0n) is 11.0. The van der Waals surface area contributed by atoms with Crippen molar-refractivity contribution in [3.8, 4) is 6.07 Å². The van der Waals surface area contributed by atoms with Gasteiger partial charge in [0, 0.05) is 4.47 Å². The molecule has 4 heteroatoms. The van der Waals surface area contributed by atoms with E-state index in [0.29, 0.717) is 17.7 Å². The molecule has 0 aromatic heterocycles. The maximum atomic E-state index is 12.0. The minimum atomic E-state index is -0.132. The highest BCUT2D eigenvalue weighted by molar-refractivity contribution is 9.10. The summed E-state index contributed by atoms with van der Waals surface area (Å²) in [6, 6.07) is 15.1. The lowest BCUT2D eigenvalue weighted by molar-refractivity contribution is -0.115. The van der Waals surface area contributed by atoms with Gasteiger partial charge in [-0.25, -0.2) is 0 Å². The van der Waals surface area contributed by atoms with E-state index >= 15 is 0 Å². The van der Waals surface area contributed by atoms with Gasteiger partial charge in [-0.15, -0.1) is 0 Å². The minimum absolute atomic E-state index is 0.132. The van der Waals surface area contributed by atoms with Gasteiger partial charge in [-0.3, -0.25) is 4.79 Å². The number of hydrogen-bond donors (Lipinski definition) is 1. The van der Waals surface area contributed by atoms with Crippen molar-refractivity contribution < 1.29 is 4.79 Å². The molecule has 0 aliphatic heterocycles. The molecule has 2 aromatic rings. The predicted octanol–water partition coefficient (Wildman–Crippen LogP) is 3.81. The number of carbonyl (C=O) groups is 1. The molecule has 0 aliphatic carbocycles. The highest BCUT2D eigenvalue weighted by Gasteiger charge is 2.08. The van der Waals surface area contributed by atoms with E-state index < -0.39 is 0 Å². The first-order valence-electron chi connectivity index (χ1n) is 6.13. The van der Waals surface area contributed by atoms with Gasteiger partial charge >= 0.3 is 0 Å². The fraction of sp³-hybridized carbons (Fsp3) is 0.125. The summed E-state index contributed by atoms with van der Waals surface area (Å²) in [6.45, 7) is 2.00. The van der Waals surface area contributed by atoms with Crippen LogP contribution in [0.1, 0.15) is 16.7 Å². The third-order valence-corrected chi connectivity index (χ3v) is 3.35. The van der Waals surface area contributed by atoms with Crippen LogP contribution in [0.4, 0.5) is 5.69 Å². The Morgan fingerprint density at radius 1 is 1.25 bits per heavy atom. The lowest BCUT2D eigenvalue weighted by atomic mass is 10.1. The lowest BCUT2D eigenvalue weighted by Crippen LogP contribution is -2.15. The number of nitrogens with one attached hydrogen (secondary N) is 1. The van der Waals surface area contributed by atoms with Crippen molar-refractivity contribution in [1.82, 2.24) is 0 Å². The van der Waals surface area contributed by atoms with Gasteiger partial charge in [0.05, 0.1) is 17.7 Å². The zero-order valence-corrected chi connectivity index (χ0v) is 12.6. The SMILES string of the molecule is Cc1ccc(CC(=O)Nc2ccc(Br)cc2C#N)cc1. The van der Waals surface area contributed by atoms with Gasteiger partial charge in [-0.2, -0.15) is 5.26 Å². The maximum Gasteiger partial charge on any atom is 0.228 e. The largest absolute Gasteiger partial charge is 0.325 e. The highest BCUT2D eigenvalue weighted by Crippen LogP contribution is 2.20. The summed E-state index contributed by atoms with van der Waals surface area (Å²) in [4.78, 5) is 12.0. The van der Waals surface area contributed by atoms with E-state index in [1.165, 1.54) is 0 Å². The molecule has 2 rings (SSSR count). The molecule has 1 amide bonds. The number of rotatable bonds is 3. The molecule has 0 spiro atoms. The number of nitriles is 1. The monoisotopic (exact) mass is 328 g/mol. The Kier molecular flexibility index (Phi) is 4.54. The molecule has 0 heterocycles. The lowest BCUT2D eigenvalue weighted by Gasteiger charge is -2.07. The van der Waals surface area contributed by atoms with Crippen molar-refractivity contribution in [2.24, 2.45) is 0 Å². The number of amides is 1. The average Bonchev–Trinajstić information content (AvgIpc) is 2.43. The quantitative estimate of drug-likeness (QED) is 0.931. The first-order chi connectivity index (χ1) is 9.58. The number of hydrogen-bond acceptors (Lipinski definition) is 2. The van der Waals surface area contributed by atoms with Crippen molar-refractivity contribution in [1.29, 1.82) is 5.26 Å². The molecule has 100 valence electrons. The summed E-state index contributed by atoms with van der Waals surface area (Å²) < 4.78 is 0.811. The number of nitrogens with zero attached hydrogens (tertiary/aromatic N) is 1.